The summed E-state index contributed by atoms with van der Waals surface area (Å²) in [6.07, 6.45) is 5.27. The molecule has 0 spiro atoms. The quantitative estimate of drug-likeness (QED) is 0.275. The molecule has 1 saturated carbocycles. The van der Waals surface area contributed by atoms with E-state index in [1.807, 2.05) is 37.4 Å². The number of hydrogen-bond donors (Lipinski definition) is 1. The van der Waals surface area contributed by atoms with Gasteiger partial charge in [-0.2, -0.15) is 0 Å². The molecule has 212 valence electrons. The summed E-state index contributed by atoms with van der Waals surface area (Å²) in [6, 6.07) is 15.8. The molecule has 3 aromatic heterocycles. The highest BCUT2D eigenvalue weighted by Gasteiger charge is 2.44. The van der Waals surface area contributed by atoms with Gasteiger partial charge in [-0.15, -0.1) is 0 Å². The van der Waals surface area contributed by atoms with Crippen LogP contribution < -0.4 is 4.74 Å². The maximum Gasteiger partial charge on any atom is 0.261 e. The minimum Gasteiger partial charge on any atom is -0.478 e. The molecule has 1 unspecified atom stereocenters. The zero-order valence-electron chi connectivity index (χ0n) is 23.5. The van der Waals surface area contributed by atoms with Gasteiger partial charge in [0.1, 0.15) is 5.69 Å². The molecular formula is C32H34FN5O3. The van der Waals surface area contributed by atoms with Crippen molar-refractivity contribution in [1.82, 2.24) is 24.5 Å². The van der Waals surface area contributed by atoms with Gasteiger partial charge in [0, 0.05) is 43.0 Å². The molecule has 2 fully saturated rings. The lowest BCUT2D eigenvalue weighted by Crippen LogP contribution is -2.28. The molecule has 1 N–H and O–H groups in total. The van der Waals surface area contributed by atoms with Gasteiger partial charge in [-0.25, -0.2) is 9.07 Å². The van der Waals surface area contributed by atoms with Crippen molar-refractivity contribution in [3.8, 4) is 17.1 Å². The summed E-state index contributed by atoms with van der Waals surface area (Å²) >= 11 is 0. The topological polar surface area (TPSA) is 87.2 Å². The fourth-order valence-electron chi connectivity index (χ4n) is 6.73. The maximum absolute atomic E-state index is 17.0. The number of pyridine rings is 1. The molecule has 0 radical (unpaired) electrons. The fraction of sp³-hybridized carbons (Fsp3) is 0.406. The molecule has 2 aromatic carbocycles. The first-order chi connectivity index (χ1) is 19.9. The fourth-order valence-corrected chi connectivity index (χ4v) is 6.73. The van der Waals surface area contributed by atoms with Crippen LogP contribution in [0.3, 0.4) is 0 Å². The van der Waals surface area contributed by atoms with Crippen molar-refractivity contribution in [3.63, 3.8) is 0 Å². The lowest BCUT2D eigenvalue weighted by molar-refractivity contribution is 0.0297. The Morgan fingerprint density at radius 2 is 1.85 bits per heavy atom. The summed E-state index contributed by atoms with van der Waals surface area (Å²) in [6.45, 7) is 3.07. The number of nitrogens with zero attached hydrogens (tertiary/aromatic N) is 5. The third kappa shape index (κ3) is 4.21. The van der Waals surface area contributed by atoms with Gasteiger partial charge in [-0.3, -0.25) is 4.98 Å². The van der Waals surface area contributed by atoms with E-state index in [0.717, 1.165) is 47.7 Å². The molecule has 9 heteroatoms. The molecular weight excluding hydrogens is 521 g/mol. The van der Waals surface area contributed by atoms with Crippen LogP contribution in [0, 0.1) is 17.7 Å². The lowest BCUT2D eigenvalue weighted by Gasteiger charge is -2.33. The molecule has 1 aliphatic carbocycles. The van der Waals surface area contributed by atoms with Crippen molar-refractivity contribution in [3.05, 3.63) is 71.7 Å². The molecule has 1 aliphatic heterocycles. The van der Waals surface area contributed by atoms with E-state index in [1.54, 1.807) is 31.0 Å². The van der Waals surface area contributed by atoms with E-state index in [4.69, 9.17) is 14.5 Å². The van der Waals surface area contributed by atoms with Gasteiger partial charge < -0.3 is 19.1 Å². The van der Waals surface area contributed by atoms with Crippen molar-refractivity contribution in [1.29, 1.82) is 0 Å². The van der Waals surface area contributed by atoms with Gasteiger partial charge >= 0.3 is 0 Å². The second-order valence-corrected chi connectivity index (χ2v) is 11.6. The first-order valence-electron chi connectivity index (χ1n) is 14.3. The Kier molecular flexibility index (Phi) is 6.32. The number of hydrogen-bond acceptors (Lipinski definition) is 6. The van der Waals surface area contributed by atoms with Crippen LogP contribution in [0.1, 0.15) is 49.8 Å². The second-order valence-electron chi connectivity index (χ2n) is 11.6. The van der Waals surface area contributed by atoms with E-state index in [-0.39, 0.29) is 23.7 Å². The van der Waals surface area contributed by atoms with Crippen LogP contribution in [0.4, 0.5) is 4.39 Å². The zero-order valence-corrected chi connectivity index (χ0v) is 23.5. The van der Waals surface area contributed by atoms with E-state index in [1.165, 1.54) is 0 Å². The Labute approximate surface area is 237 Å². The summed E-state index contributed by atoms with van der Waals surface area (Å²) in [5.41, 5.74) is 3.65. The van der Waals surface area contributed by atoms with Crippen LogP contribution >= 0.6 is 0 Å². The second kappa shape index (κ2) is 9.92. The summed E-state index contributed by atoms with van der Waals surface area (Å²) in [5, 5.41) is 20.5. The molecule has 8 nitrogen and oxygen atoms in total. The monoisotopic (exact) mass is 555 g/mol. The van der Waals surface area contributed by atoms with Crippen molar-refractivity contribution in [2.45, 2.75) is 44.2 Å². The highest BCUT2D eigenvalue weighted by atomic mass is 19.1. The summed E-state index contributed by atoms with van der Waals surface area (Å²) in [4.78, 5) is 4.90. The SMILES string of the molecule is COc1nnn(C)c1-c1cnc2c3ccc(C(C)(O)C4CC4)c(F)c3n([C@H](c3ccccc3)C3CCOCC3)c2c1. The number of aryl methyl sites for hydroxylation is 1. The predicted molar refractivity (Wildman–Crippen MR) is 154 cm³/mol. The standard InChI is InChI=1S/C32H34FN5O3/c1-32(39,22-9-10-22)24-12-11-23-27-25(17-21(18-34-27)29-31(40-3)35-36-37(29)2)38(30(23)26(24)33)28(19-7-5-4-6-8-19)20-13-15-41-16-14-20/h4-8,11-12,17-18,20,22,28,39H,9-10,13-16H2,1-3H3/t28-,32?/m1/s1. The average molecular weight is 556 g/mol. The lowest BCUT2D eigenvalue weighted by atomic mass is 9.86. The normalized spacial score (nSPS) is 18.6. The van der Waals surface area contributed by atoms with Gasteiger partial charge in [-0.05, 0) is 56.1 Å². The molecule has 2 atom stereocenters. The number of ether oxygens (including phenoxy) is 2. The number of aliphatic hydroxyl groups is 1. The maximum atomic E-state index is 17.0. The number of aromatic nitrogens is 5. The average Bonchev–Trinajstić information content (AvgIpc) is 3.73. The van der Waals surface area contributed by atoms with Crippen LogP contribution in [0.15, 0.2) is 54.7 Å². The Balaban J connectivity index is 1.56. The molecule has 5 aromatic rings. The number of halogens is 1. The van der Waals surface area contributed by atoms with Gasteiger partial charge in [0.25, 0.3) is 5.88 Å². The van der Waals surface area contributed by atoms with Crippen molar-refractivity contribution >= 4 is 21.9 Å². The molecule has 2 aliphatic rings. The first kappa shape index (κ1) is 26.1. The van der Waals surface area contributed by atoms with Crippen LogP contribution in [0.5, 0.6) is 5.88 Å². The van der Waals surface area contributed by atoms with E-state index in [2.05, 4.69) is 27.0 Å². The molecule has 41 heavy (non-hydrogen) atoms. The highest BCUT2D eigenvalue weighted by molar-refractivity contribution is 6.07. The highest BCUT2D eigenvalue weighted by Crippen LogP contribution is 2.49. The predicted octanol–water partition coefficient (Wildman–Crippen LogP) is 5.77. The van der Waals surface area contributed by atoms with Crippen LogP contribution in [0.2, 0.25) is 0 Å². The first-order valence-corrected chi connectivity index (χ1v) is 14.3. The van der Waals surface area contributed by atoms with Crippen molar-refractivity contribution in [2.75, 3.05) is 20.3 Å². The Morgan fingerprint density at radius 3 is 2.56 bits per heavy atom. The summed E-state index contributed by atoms with van der Waals surface area (Å²) in [5.74, 6) is 0.289. The minimum absolute atomic E-state index is 0.0576. The number of benzene rings is 2. The molecule has 0 amide bonds. The Bertz CT molecular complexity index is 1740. The Hall–Kier alpha value is -3.82. The minimum atomic E-state index is -1.24. The van der Waals surface area contributed by atoms with Gasteiger partial charge in [-0.1, -0.05) is 52.8 Å². The van der Waals surface area contributed by atoms with Gasteiger partial charge in [0.15, 0.2) is 5.82 Å². The van der Waals surface area contributed by atoms with E-state index in [9.17, 15) is 5.11 Å². The molecule has 4 heterocycles. The van der Waals surface area contributed by atoms with E-state index < -0.39 is 5.60 Å². The smallest absolute Gasteiger partial charge is 0.261 e. The summed E-state index contributed by atoms with van der Waals surface area (Å²) in [7, 11) is 3.38. The van der Waals surface area contributed by atoms with Crippen LogP contribution in [-0.2, 0) is 17.4 Å². The molecule has 0 bridgehead atoms. The van der Waals surface area contributed by atoms with Crippen LogP contribution in [0.25, 0.3) is 33.2 Å². The zero-order chi connectivity index (χ0) is 28.3. The van der Waals surface area contributed by atoms with Gasteiger partial charge in [0.2, 0.25) is 0 Å². The summed E-state index contributed by atoms with van der Waals surface area (Å²) < 4.78 is 32.0. The van der Waals surface area contributed by atoms with Crippen molar-refractivity contribution < 1.29 is 19.0 Å². The van der Waals surface area contributed by atoms with E-state index in [0.29, 0.717) is 41.4 Å². The molecule has 7 rings (SSSR count). The van der Waals surface area contributed by atoms with Crippen LogP contribution in [-0.4, -0.2) is 50.0 Å². The van der Waals surface area contributed by atoms with Gasteiger partial charge in [0.05, 0.1) is 35.3 Å². The third-order valence-electron chi connectivity index (χ3n) is 9.05. The molecule has 1 saturated heterocycles. The third-order valence-corrected chi connectivity index (χ3v) is 9.05. The number of fused-ring (bicyclic) bond motifs is 3. The van der Waals surface area contributed by atoms with E-state index >= 15 is 4.39 Å². The largest absolute Gasteiger partial charge is 0.478 e. The number of rotatable bonds is 7. The van der Waals surface area contributed by atoms with Crippen molar-refractivity contribution in [2.24, 2.45) is 18.9 Å². The number of methoxy groups -OCH3 is 1. The Morgan fingerprint density at radius 1 is 1.10 bits per heavy atom.